The number of fused-ring (bicyclic) bond motifs is 1. The van der Waals surface area contributed by atoms with Crippen molar-refractivity contribution in [3.63, 3.8) is 0 Å². The monoisotopic (exact) mass is 324 g/mol. The molecule has 2 heterocycles. The number of benzene rings is 1. The third-order valence-corrected chi connectivity index (χ3v) is 4.96. The summed E-state index contributed by atoms with van der Waals surface area (Å²) in [6.45, 7) is 5.29. The minimum Gasteiger partial charge on any atom is -0.392 e. The molecule has 104 valence electrons. The number of aliphatic hydroxyl groups is 1. The van der Waals surface area contributed by atoms with Crippen molar-refractivity contribution in [2.24, 2.45) is 0 Å². The third-order valence-electron chi connectivity index (χ3n) is 4.22. The van der Waals surface area contributed by atoms with Gasteiger partial charge in [-0.2, -0.15) is 0 Å². The van der Waals surface area contributed by atoms with E-state index >= 15 is 0 Å². The zero-order chi connectivity index (χ0) is 13.2. The fourth-order valence-corrected chi connectivity index (χ4v) is 3.74. The molecule has 1 unspecified atom stereocenters. The smallest absolute Gasteiger partial charge is 0.0679 e. The molecule has 2 aliphatic heterocycles. The van der Waals surface area contributed by atoms with Gasteiger partial charge in [-0.15, -0.1) is 0 Å². The molecule has 0 spiro atoms. The predicted octanol–water partition coefficient (Wildman–Crippen LogP) is 2.27. The maximum absolute atomic E-state index is 9.51. The van der Waals surface area contributed by atoms with E-state index in [-0.39, 0.29) is 6.10 Å². The number of nitrogens with zero attached hydrogens (tertiary/aromatic N) is 2. The molecule has 4 heteroatoms. The van der Waals surface area contributed by atoms with E-state index in [0.717, 1.165) is 45.6 Å². The van der Waals surface area contributed by atoms with E-state index in [9.17, 15) is 5.11 Å². The Balaban J connectivity index is 1.51. The zero-order valence-corrected chi connectivity index (χ0v) is 12.8. The van der Waals surface area contributed by atoms with Gasteiger partial charge in [0.1, 0.15) is 0 Å². The van der Waals surface area contributed by atoms with Gasteiger partial charge in [-0.25, -0.2) is 0 Å². The molecular weight excluding hydrogens is 304 g/mol. The number of anilines is 1. The fraction of sp³-hybridized carbons (Fsp3) is 0.600. The molecule has 0 amide bonds. The maximum Gasteiger partial charge on any atom is 0.0679 e. The lowest BCUT2D eigenvalue weighted by atomic mass is 10.2. The highest BCUT2D eigenvalue weighted by molar-refractivity contribution is 9.10. The van der Waals surface area contributed by atoms with E-state index in [0.29, 0.717) is 0 Å². The van der Waals surface area contributed by atoms with Crippen molar-refractivity contribution in [1.82, 2.24) is 4.90 Å². The molecule has 1 saturated heterocycles. The standard InChI is InChI=1S/C15H21BrN2O/c16-14-3-1-4-15-13(14)6-10-18(15)8-2-7-17-9-5-12(19)11-17/h1,3-4,12,19H,2,5-11H2. The van der Waals surface area contributed by atoms with Gasteiger partial charge in [0.25, 0.3) is 0 Å². The minimum absolute atomic E-state index is 0.0940. The largest absolute Gasteiger partial charge is 0.392 e. The Kier molecular flexibility index (Phi) is 4.10. The lowest BCUT2D eigenvalue weighted by molar-refractivity contribution is 0.176. The molecule has 1 N–H and O–H groups in total. The van der Waals surface area contributed by atoms with Crippen LogP contribution in [-0.2, 0) is 6.42 Å². The van der Waals surface area contributed by atoms with Crippen molar-refractivity contribution in [1.29, 1.82) is 0 Å². The van der Waals surface area contributed by atoms with E-state index in [1.54, 1.807) is 0 Å². The van der Waals surface area contributed by atoms with Gasteiger partial charge in [-0.3, -0.25) is 0 Å². The summed E-state index contributed by atoms with van der Waals surface area (Å²) < 4.78 is 1.25. The molecule has 0 radical (unpaired) electrons. The van der Waals surface area contributed by atoms with Crippen LogP contribution in [0, 0.1) is 0 Å². The van der Waals surface area contributed by atoms with Crippen molar-refractivity contribution >= 4 is 21.6 Å². The highest BCUT2D eigenvalue weighted by atomic mass is 79.9. The van der Waals surface area contributed by atoms with Crippen LogP contribution in [0.15, 0.2) is 22.7 Å². The van der Waals surface area contributed by atoms with Gasteiger partial charge in [0.05, 0.1) is 6.10 Å². The molecule has 0 saturated carbocycles. The number of hydrogen-bond acceptors (Lipinski definition) is 3. The summed E-state index contributed by atoms with van der Waals surface area (Å²) in [4.78, 5) is 4.87. The van der Waals surface area contributed by atoms with Crippen LogP contribution >= 0.6 is 15.9 Å². The number of halogens is 1. The molecule has 19 heavy (non-hydrogen) atoms. The van der Waals surface area contributed by atoms with Crippen molar-refractivity contribution in [3.8, 4) is 0 Å². The predicted molar refractivity (Wildman–Crippen MR) is 81.7 cm³/mol. The first kappa shape index (κ1) is 13.4. The van der Waals surface area contributed by atoms with Gasteiger partial charge < -0.3 is 14.9 Å². The summed E-state index contributed by atoms with van der Waals surface area (Å²) in [5.74, 6) is 0. The van der Waals surface area contributed by atoms with E-state index in [4.69, 9.17) is 0 Å². The molecule has 0 aromatic heterocycles. The summed E-state index contributed by atoms with van der Waals surface area (Å²) in [6.07, 6.45) is 3.18. The van der Waals surface area contributed by atoms with Gasteiger partial charge >= 0.3 is 0 Å². The molecule has 1 aromatic rings. The number of β-amino-alcohol motifs (C(OH)–C–C–N with tert-alkyl or cyclic N) is 1. The SMILES string of the molecule is OC1CCN(CCCN2CCc3c(Br)cccc32)C1. The molecule has 3 nitrogen and oxygen atoms in total. The first-order chi connectivity index (χ1) is 9.24. The van der Waals surface area contributed by atoms with Crippen LogP contribution in [0.25, 0.3) is 0 Å². The zero-order valence-electron chi connectivity index (χ0n) is 11.2. The minimum atomic E-state index is -0.0940. The van der Waals surface area contributed by atoms with Gasteiger partial charge in [-0.05, 0) is 43.5 Å². The Hall–Kier alpha value is -0.580. The lowest BCUT2D eigenvalue weighted by Gasteiger charge is -2.21. The quantitative estimate of drug-likeness (QED) is 0.920. The topological polar surface area (TPSA) is 26.7 Å². The Morgan fingerprint density at radius 2 is 2.16 bits per heavy atom. The molecule has 1 atom stereocenters. The second-order valence-corrected chi connectivity index (χ2v) is 6.43. The molecule has 0 bridgehead atoms. The first-order valence-electron chi connectivity index (χ1n) is 7.17. The van der Waals surface area contributed by atoms with E-state index < -0.39 is 0 Å². The summed E-state index contributed by atoms with van der Waals surface area (Å²) in [5.41, 5.74) is 2.86. The average Bonchev–Trinajstić information content (AvgIpc) is 2.98. The van der Waals surface area contributed by atoms with Crippen LogP contribution in [0.3, 0.4) is 0 Å². The Morgan fingerprint density at radius 1 is 1.26 bits per heavy atom. The highest BCUT2D eigenvalue weighted by Gasteiger charge is 2.22. The van der Waals surface area contributed by atoms with Crippen molar-refractivity contribution in [2.75, 3.05) is 37.6 Å². The van der Waals surface area contributed by atoms with Crippen LogP contribution in [-0.4, -0.2) is 48.8 Å². The summed E-state index contributed by atoms with van der Waals surface area (Å²) in [6, 6.07) is 6.48. The molecule has 3 rings (SSSR count). The van der Waals surface area contributed by atoms with Gasteiger partial charge in [0.15, 0.2) is 0 Å². The molecule has 2 aliphatic rings. The maximum atomic E-state index is 9.51. The molecule has 1 aromatic carbocycles. The van der Waals surface area contributed by atoms with Crippen LogP contribution in [0.2, 0.25) is 0 Å². The fourth-order valence-electron chi connectivity index (χ4n) is 3.19. The Morgan fingerprint density at radius 3 is 2.95 bits per heavy atom. The Bertz CT molecular complexity index is 452. The van der Waals surface area contributed by atoms with Gasteiger partial charge in [-0.1, -0.05) is 22.0 Å². The van der Waals surface area contributed by atoms with Gasteiger partial charge in [0.2, 0.25) is 0 Å². The van der Waals surface area contributed by atoms with Crippen molar-refractivity contribution < 1.29 is 5.11 Å². The number of aliphatic hydroxyl groups excluding tert-OH is 1. The third kappa shape index (κ3) is 2.96. The van der Waals surface area contributed by atoms with Crippen molar-refractivity contribution in [2.45, 2.75) is 25.4 Å². The number of likely N-dealkylation sites (tertiary alicyclic amines) is 1. The van der Waals surface area contributed by atoms with E-state index in [1.165, 1.54) is 22.1 Å². The summed E-state index contributed by atoms with van der Waals surface area (Å²) >= 11 is 3.64. The second-order valence-electron chi connectivity index (χ2n) is 5.57. The van der Waals surface area contributed by atoms with E-state index in [1.807, 2.05) is 0 Å². The van der Waals surface area contributed by atoms with Crippen LogP contribution in [0.1, 0.15) is 18.4 Å². The van der Waals surface area contributed by atoms with Crippen molar-refractivity contribution in [3.05, 3.63) is 28.2 Å². The summed E-state index contributed by atoms with van der Waals surface area (Å²) in [7, 11) is 0. The summed E-state index contributed by atoms with van der Waals surface area (Å²) in [5, 5.41) is 9.51. The van der Waals surface area contributed by atoms with E-state index in [2.05, 4.69) is 43.9 Å². The molecule has 1 fully saturated rings. The van der Waals surface area contributed by atoms with Crippen LogP contribution < -0.4 is 4.90 Å². The second kappa shape index (κ2) is 5.81. The van der Waals surface area contributed by atoms with Crippen LogP contribution in [0.4, 0.5) is 5.69 Å². The van der Waals surface area contributed by atoms with Gasteiger partial charge in [0, 0.05) is 36.3 Å². The highest BCUT2D eigenvalue weighted by Crippen LogP contribution is 2.33. The number of hydrogen-bond donors (Lipinski definition) is 1. The molecular formula is C15H21BrN2O. The number of rotatable bonds is 4. The van der Waals surface area contributed by atoms with Crippen LogP contribution in [0.5, 0.6) is 0 Å². The average molecular weight is 325 g/mol. The molecule has 0 aliphatic carbocycles. The Labute approximate surface area is 123 Å². The first-order valence-corrected chi connectivity index (χ1v) is 7.96. The normalized spacial score (nSPS) is 23.1. The lowest BCUT2D eigenvalue weighted by Crippen LogP contribution is -2.28.